The van der Waals surface area contributed by atoms with Crippen LogP contribution >= 0.6 is 0 Å². The smallest absolute Gasteiger partial charge is 0.0678 e. The van der Waals surface area contributed by atoms with E-state index < -0.39 is 0 Å². The van der Waals surface area contributed by atoms with E-state index in [0.29, 0.717) is 0 Å². The van der Waals surface area contributed by atoms with Crippen LogP contribution in [0.1, 0.15) is 66.7 Å². The molecule has 0 aliphatic carbocycles. The van der Waals surface area contributed by atoms with E-state index in [1.165, 1.54) is 12.9 Å². The van der Waals surface area contributed by atoms with Crippen LogP contribution in [0.5, 0.6) is 0 Å². The molecule has 89 valence electrons. The number of unbranched alkanes of at least 4 members (excludes halogenated alkanes) is 1. The van der Waals surface area contributed by atoms with Gasteiger partial charge >= 0.3 is 0 Å². The number of rotatable bonds is 6. The molecule has 0 saturated carbocycles. The van der Waals surface area contributed by atoms with Gasteiger partial charge in [0.1, 0.15) is 0 Å². The zero-order valence-electron chi connectivity index (χ0n) is 10.9. The molecule has 0 heterocycles. The Morgan fingerprint density at radius 1 is 1.20 bits per heavy atom. The van der Waals surface area contributed by atoms with E-state index in [1.54, 1.807) is 0 Å². The summed E-state index contributed by atoms with van der Waals surface area (Å²) in [6.07, 6.45) is 5.29. The van der Waals surface area contributed by atoms with Crippen LogP contribution in [0.2, 0.25) is 0 Å². The van der Waals surface area contributed by atoms with Gasteiger partial charge < -0.3 is 9.53 Å². The summed E-state index contributed by atoms with van der Waals surface area (Å²) in [5.41, 5.74) is -0.280. The molecule has 0 spiro atoms. The van der Waals surface area contributed by atoms with Gasteiger partial charge in [0.15, 0.2) is 0 Å². The fourth-order valence-electron chi connectivity index (χ4n) is 0.951. The summed E-state index contributed by atoms with van der Waals surface area (Å²) in [5, 5.41) is 0. The van der Waals surface area contributed by atoms with E-state index in [2.05, 4.69) is 20.8 Å². The fourth-order valence-corrected chi connectivity index (χ4v) is 0.951. The van der Waals surface area contributed by atoms with Crippen molar-refractivity contribution in [2.24, 2.45) is 0 Å². The summed E-state index contributed by atoms with van der Waals surface area (Å²) in [7, 11) is 0. The summed E-state index contributed by atoms with van der Waals surface area (Å²) in [4.78, 5) is 10.00. The van der Waals surface area contributed by atoms with E-state index in [0.717, 1.165) is 25.7 Å². The largest absolute Gasteiger partial charge is 0.649 e. The minimum Gasteiger partial charge on any atom is -0.649 e. The Morgan fingerprint density at radius 3 is 1.93 bits per heavy atom. The number of carbonyl (C=O) groups excluding carboxylic acids is 1. The molecule has 0 N–H and O–H groups in total. The van der Waals surface area contributed by atoms with Crippen molar-refractivity contribution < 1.29 is 42.2 Å². The molecule has 0 aromatic carbocycles. The van der Waals surface area contributed by atoms with Gasteiger partial charge in [0.2, 0.25) is 0 Å². The molecular formula is C12H25O2Y-. The van der Waals surface area contributed by atoms with E-state index >= 15 is 0 Å². The first-order valence-electron chi connectivity index (χ1n) is 5.65. The molecule has 15 heavy (non-hydrogen) atoms. The Bertz CT molecular complexity index is 129. The van der Waals surface area contributed by atoms with E-state index in [9.17, 15) is 4.79 Å². The molecule has 0 amide bonds. The summed E-state index contributed by atoms with van der Waals surface area (Å²) in [6, 6.07) is 0. The average molecular weight is 290 g/mol. The molecule has 1 atom stereocenters. The zero-order valence-corrected chi connectivity index (χ0v) is 13.8. The monoisotopic (exact) mass is 290 g/mol. The van der Waals surface area contributed by atoms with Crippen LogP contribution in [0, 0.1) is 0 Å². The normalized spacial score (nSPS) is 12.6. The molecule has 2 nitrogen and oxygen atoms in total. The molecule has 0 aliphatic rings. The Balaban J connectivity index is -0.000000320. The van der Waals surface area contributed by atoms with Crippen LogP contribution in [-0.2, 0) is 42.2 Å². The van der Waals surface area contributed by atoms with Gasteiger partial charge in [-0.05, 0) is 26.2 Å². The maximum atomic E-state index is 10.00. The fraction of sp³-hybridized carbons (Fsp3) is 0.917. The van der Waals surface area contributed by atoms with Gasteiger partial charge in [0, 0.05) is 32.7 Å². The van der Waals surface area contributed by atoms with Gasteiger partial charge in [-0.2, -0.15) is 0 Å². The van der Waals surface area contributed by atoms with Crippen LogP contribution in [-0.4, -0.2) is 12.1 Å². The third-order valence-electron chi connectivity index (χ3n) is 2.10. The van der Waals surface area contributed by atoms with Crippen molar-refractivity contribution in [2.45, 2.75) is 72.3 Å². The molecule has 0 rings (SSSR count). The van der Waals surface area contributed by atoms with E-state index in [4.69, 9.17) is 4.74 Å². The molecule has 0 aliphatic heterocycles. The zero-order chi connectivity index (χ0) is 11.4. The van der Waals surface area contributed by atoms with Gasteiger partial charge in [0.05, 0.1) is 5.60 Å². The molecule has 0 saturated heterocycles. The van der Waals surface area contributed by atoms with Crippen LogP contribution in [0.25, 0.3) is 0 Å². The molecule has 3 heteroatoms. The number of hydrogen-bond acceptors (Lipinski definition) is 2. The first-order chi connectivity index (χ1) is 6.60. The van der Waals surface area contributed by atoms with E-state index in [1.807, 2.05) is 13.8 Å². The molecule has 1 radical (unpaired) electrons. The van der Waals surface area contributed by atoms with Crippen molar-refractivity contribution in [1.82, 2.24) is 0 Å². The number of hydrogen-bond donors (Lipinski definition) is 0. The van der Waals surface area contributed by atoms with Crippen molar-refractivity contribution in [2.75, 3.05) is 0 Å². The van der Waals surface area contributed by atoms with Crippen LogP contribution in [0.4, 0.5) is 0 Å². The SMILES string of the molecule is CCC.CCCCC(C)(CC)O[C-]=O.[Y]. The van der Waals surface area contributed by atoms with Gasteiger partial charge in [-0.25, -0.2) is 0 Å². The topological polar surface area (TPSA) is 26.3 Å². The van der Waals surface area contributed by atoms with E-state index in [-0.39, 0.29) is 38.3 Å². The summed E-state index contributed by atoms with van der Waals surface area (Å²) >= 11 is 0. The van der Waals surface area contributed by atoms with Gasteiger partial charge in [-0.3, -0.25) is 0 Å². The Kier molecular flexibility index (Phi) is 20.3. The Morgan fingerprint density at radius 2 is 1.67 bits per heavy atom. The first kappa shape index (κ1) is 20.9. The van der Waals surface area contributed by atoms with Crippen molar-refractivity contribution in [3.63, 3.8) is 0 Å². The predicted molar refractivity (Wildman–Crippen MR) is 61.0 cm³/mol. The standard InChI is InChI=1S/C9H17O2.C3H8.Y/c1-4-6-7-9(3,5-2)11-8-10;1-3-2;/h4-7H2,1-3H3;3H2,1-2H3;/q-1;;. The quantitative estimate of drug-likeness (QED) is 0.695. The molecule has 0 fully saturated rings. The second kappa shape index (κ2) is 14.6. The number of ether oxygens (including phenoxy) is 1. The van der Waals surface area contributed by atoms with Crippen LogP contribution < -0.4 is 0 Å². The van der Waals surface area contributed by atoms with Crippen molar-refractivity contribution in [3.05, 3.63) is 0 Å². The molecular weight excluding hydrogens is 265 g/mol. The van der Waals surface area contributed by atoms with Gasteiger partial charge in [-0.15, -0.1) is 0 Å². The van der Waals surface area contributed by atoms with Crippen LogP contribution in [0.3, 0.4) is 0 Å². The van der Waals surface area contributed by atoms with Crippen molar-refractivity contribution in [1.29, 1.82) is 0 Å². The second-order valence-corrected chi connectivity index (χ2v) is 3.80. The molecule has 0 aromatic heterocycles. The predicted octanol–water partition coefficient (Wildman–Crippen LogP) is 3.84. The molecule has 1 unspecified atom stereocenters. The maximum Gasteiger partial charge on any atom is 0.0678 e. The molecule has 0 aromatic rings. The third-order valence-corrected chi connectivity index (χ3v) is 2.10. The third kappa shape index (κ3) is 14.6. The Labute approximate surface area is 120 Å². The van der Waals surface area contributed by atoms with Gasteiger partial charge in [-0.1, -0.05) is 47.0 Å². The minimum absolute atomic E-state index is 0. The molecule has 0 bridgehead atoms. The van der Waals surface area contributed by atoms with Gasteiger partial charge in [0.25, 0.3) is 0 Å². The summed E-state index contributed by atoms with van der Waals surface area (Å²) < 4.78 is 4.88. The first-order valence-corrected chi connectivity index (χ1v) is 5.65. The average Bonchev–Trinajstić information content (AvgIpc) is 2.17. The summed E-state index contributed by atoms with van der Waals surface area (Å²) in [6.45, 7) is 11.9. The minimum atomic E-state index is -0.280. The van der Waals surface area contributed by atoms with Crippen molar-refractivity contribution in [3.8, 4) is 0 Å². The van der Waals surface area contributed by atoms with Crippen LogP contribution in [0.15, 0.2) is 0 Å². The second-order valence-electron chi connectivity index (χ2n) is 3.80. The summed E-state index contributed by atoms with van der Waals surface area (Å²) in [5.74, 6) is 0. The maximum absolute atomic E-state index is 10.00. The van der Waals surface area contributed by atoms with Crippen molar-refractivity contribution >= 4 is 6.47 Å². The Hall–Kier alpha value is 0.574.